The normalized spacial score (nSPS) is 27.6. The molecule has 3 unspecified atom stereocenters. The summed E-state index contributed by atoms with van der Waals surface area (Å²) < 4.78 is 7.13. The van der Waals surface area contributed by atoms with Gasteiger partial charge in [0.1, 0.15) is 12.3 Å². The van der Waals surface area contributed by atoms with Gasteiger partial charge in [-0.1, -0.05) is 0 Å². The first-order valence-electron chi connectivity index (χ1n) is 5.71. The van der Waals surface area contributed by atoms with Crippen LogP contribution in [0.3, 0.4) is 0 Å². The molecule has 1 amide bonds. The summed E-state index contributed by atoms with van der Waals surface area (Å²) in [6, 6.07) is 0. The van der Waals surface area contributed by atoms with Crippen molar-refractivity contribution in [3.8, 4) is 0 Å². The van der Waals surface area contributed by atoms with E-state index in [0.29, 0.717) is 17.5 Å². The lowest BCUT2D eigenvalue weighted by Gasteiger charge is -2.13. The first kappa shape index (κ1) is 13.0. The Morgan fingerprint density at radius 1 is 1.56 bits per heavy atom. The Bertz CT molecular complexity index is 445. The standard InChI is InChI=1S/C11H17N3O4/c12-2-6-3-14(4-7(6)11(13)17)10-1-8(16)9(5-15)18-10/h3-4,8-10,15-16H,1-2,5,12H2,(H2,13,17). The third-order valence-electron chi connectivity index (χ3n) is 3.13. The van der Waals surface area contributed by atoms with E-state index >= 15 is 0 Å². The molecular weight excluding hydrogens is 238 g/mol. The van der Waals surface area contributed by atoms with Crippen LogP contribution < -0.4 is 11.5 Å². The van der Waals surface area contributed by atoms with Crippen molar-refractivity contribution in [1.82, 2.24) is 4.57 Å². The largest absolute Gasteiger partial charge is 0.394 e. The Kier molecular flexibility index (Phi) is 3.67. The van der Waals surface area contributed by atoms with Crippen molar-refractivity contribution in [3.63, 3.8) is 0 Å². The molecule has 2 rings (SSSR count). The smallest absolute Gasteiger partial charge is 0.250 e. The Labute approximate surface area is 104 Å². The molecule has 1 aromatic rings. The monoisotopic (exact) mass is 255 g/mol. The van der Waals surface area contributed by atoms with Crippen molar-refractivity contribution < 1.29 is 19.7 Å². The fourth-order valence-corrected chi connectivity index (χ4v) is 2.13. The lowest BCUT2D eigenvalue weighted by atomic mass is 10.2. The molecule has 1 fully saturated rings. The fourth-order valence-electron chi connectivity index (χ4n) is 2.13. The van der Waals surface area contributed by atoms with Gasteiger partial charge in [0.05, 0.1) is 18.3 Å². The molecule has 0 radical (unpaired) electrons. The minimum atomic E-state index is -0.722. The maximum absolute atomic E-state index is 11.2. The first-order valence-corrected chi connectivity index (χ1v) is 5.71. The molecule has 1 aliphatic heterocycles. The van der Waals surface area contributed by atoms with Crippen molar-refractivity contribution in [2.45, 2.75) is 31.4 Å². The molecule has 0 aliphatic carbocycles. The van der Waals surface area contributed by atoms with Gasteiger partial charge in [-0.25, -0.2) is 0 Å². The van der Waals surface area contributed by atoms with Gasteiger partial charge >= 0.3 is 0 Å². The highest BCUT2D eigenvalue weighted by molar-refractivity contribution is 5.94. The second-order valence-corrected chi connectivity index (χ2v) is 4.33. The average Bonchev–Trinajstić information content (AvgIpc) is 2.91. The van der Waals surface area contributed by atoms with Crippen LogP contribution in [0.1, 0.15) is 28.6 Å². The zero-order chi connectivity index (χ0) is 13.3. The summed E-state index contributed by atoms with van der Waals surface area (Å²) in [5.74, 6) is -0.550. The van der Waals surface area contributed by atoms with E-state index < -0.39 is 24.3 Å². The number of nitrogens with zero attached hydrogens (tertiary/aromatic N) is 1. The topological polar surface area (TPSA) is 124 Å². The second kappa shape index (κ2) is 5.07. The summed E-state index contributed by atoms with van der Waals surface area (Å²) in [5, 5.41) is 18.7. The molecule has 0 aromatic carbocycles. The van der Waals surface area contributed by atoms with Gasteiger partial charge < -0.3 is 31.0 Å². The number of carbonyl (C=O) groups is 1. The Balaban J connectivity index is 2.22. The number of hydrogen-bond acceptors (Lipinski definition) is 5. The number of primary amides is 1. The lowest BCUT2D eigenvalue weighted by Crippen LogP contribution is -2.24. The zero-order valence-corrected chi connectivity index (χ0v) is 9.82. The van der Waals surface area contributed by atoms with Crippen LogP contribution in [0.2, 0.25) is 0 Å². The molecule has 1 aliphatic rings. The van der Waals surface area contributed by atoms with E-state index in [9.17, 15) is 9.90 Å². The maximum atomic E-state index is 11.2. The van der Waals surface area contributed by atoms with Crippen LogP contribution in [0.15, 0.2) is 12.4 Å². The predicted molar refractivity (Wildman–Crippen MR) is 62.5 cm³/mol. The summed E-state index contributed by atoms with van der Waals surface area (Å²) in [5.41, 5.74) is 11.8. The van der Waals surface area contributed by atoms with Crippen molar-refractivity contribution in [3.05, 3.63) is 23.5 Å². The first-order chi connectivity index (χ1) is 8.56. The summed E-state index contributed by atoms with van der Waals surface area (Å²) in [7, 11) is 0. The number of amides is 1. The maximum Gasteiger partial charge on any atom is 0.250 e. The molecular formula is C11H17N3O4. The van der Waals surface area contributed by atoms with Crippen LogP contribution in [0, 0.1) is 0 Å². The van der Waals surface area contributed by atoms with Crippen molar-refractivity contribution in [2.75, 3.05) is 6.61 Å². The number of hydrogen-bond donors (Lipinski definition) is 4. The number of aliphatic hydroxyl groups is 2. The van der Waals surface area contributed by atoms with Gasteiger partial charge in [0.2, 0.25) is 0 Å². The number of aliphatic hydroxyl groups excluding tert-OH is 2. The van der Waals surface area contributed by atoms with E-state index in [0.717, 1.165) is 0 Å². The molecule has 100 valence electrons. The lowest BCUT2D eigenvalue weighted by molar-refractivity contribution is -0.0442. The molecule has 18 heavy (non-hydrogen) atoms. The number of carbonyl (C=O) groups excluding carboxylic acids is 1. The second-order valence-electron chi connectivity index (χ2n) is 4.33. The van der Waals surface area contributed by atoms with Crippen LogP contribution in [-0.2, 0) is 11.3 Å². The molecule has 0 bridgehead atoms. The fraction of sp³-hybridized carbons (Fsp3) is 0.545. The molecule has 1 aromatic heterocycles. The Morgan fingerprint density at radius 2 is 2.28 bits per heavy atom. The molecule has 7 heteroatoms. The van der Waals surface area contributed by atoms with Crippen LogP contribution in [0.4, 0.5) is 0 Å². The van der Waals surface area contributed by atoms with Crippen LogP contribution in [-0.4, -0.2) is 39.5 Å². The highest BCUT2D eigenvalue weighted by Crippen LogP contribution is 2.29. The summed E-state index contributed by atoms with van der Waals surface area (Å²) in [6.45, 7) is -0.0463. The van der Waals surface area contributed by atoms with E-state index in [1.165, 1.54) is 0 Å². The van der Waals surface area contributed by atoms with Gasteiger partial charge in [-0.05, 0) is 5.56 Å². The molecule has 1 saturated heterocycles. The van der Waals surface area contributed by atoms with E-state index in [-0.39, 0.29) is 13.2 Å². The molecule has 3 atom stereocenters. The highest BCUT2D eigenvalue weighted by atomic mass is 16.5. The van der Waals surface area contributed by atoms with Gasteiger partial charge in [0.15, 0.2) is 0 Å². The van der Waals surface area contributed by atoms with Gasteiger partial charge in [0, 0.05) is 25.4 Å². The minimum Gasteiger partial charge on any atom is -0.394 e. The number of ether oxygens (including phenoxy) is 1. The molecule has 6 N–H and O–H groups in total. The molecule has 0 spiro atoms. The Hall–Kier alpha value is -1.41. The highest BCUT2D eigenvalue weighted by Gasteiger charge is 2.34. The van der Waals surface area contributed by atoms with Crippen molar-refractivity contribution >= 4 is 5.91 Å². The van der Waals surface area contributed by atoms with E-state index in [1.807, 2.05) is 0 Å². The zero-order valence-electron chi connectivity index (χ0n) is 9.82. The van der Waals surface area contributed by atoms with Gasteiger partial charge in [-0.3, -0.25) is 4.79 Å². The van der Waals surface area contributed by atoms with Crippen molar-refractivity contribution in [2.24, 2.45) is 11.5 Å². The molecule has 2 heterocycles. The average molecular weight is 255 g/mol. The Morgan fingerprint density at radius 3 is 2.72 bits per heavy atom. The van der Waals surface area contributed by atoms with E-state index in [2.05, 4.69) is 0 Å². The summed E-state index contributed by atoms with van der Waals surface area (Å²) >= 11 is 0. The summed E-state index contributed by atoms with van der Waals surface area (Å²) in [4.78, 5) is 11.2. The van der Waals surface area contributed by atoms with Crippen LogP contribution in [0.25, 0.3) is 0 Å². The van der Waals surface area contributed by atoms with Gasteiger partial charge in [-0.15, -0.1) is 0 Å². The molecule has 0 saturated carbocycles. The van der Waals surface area contributed by atoms with Crippen LogP contribution in [0.5, 0.6) is 0 Å². The van der Waals surface area contributed by atoms with E-state index in [1.54, 1.807) is 17.0 Å². The van der Waals surface area contributed by atoms with E-state index in [4.69, 9.17) is 21.3 Å². The molecule has 7 nitrogen and oxygen atoms in total. The number of rotatable bonds is 4. The number of aromatic nitrogens is 1. The number of nitrogens with two attached hydrogens (primary N) is 2. The van der Waals surface area contributed by atoms with Gasteiger partial charge in [-0.2, -0.15) is 0 Å². The predicted octanol–water partition coefficient (Wildman–Crippen LogP) is -1.31. The van der Waals surface area contributed by atoms with Crippen molar-refractivity contribution in [1.29, 1.82) is 0 Å². The van der Waals surface area contributed by atoms with Crippen LogP contribution >= 0.6 is 0 Å². The third-order valence-corrected chi connectivity index (χ3v) is 3.13. The third kappa shape index (κ3) is 2.25. The quantitative estimate of drug-likeness (QED) is 0.531. The summed E-state index contributed by atoms with van der Waals surface area (Å²) in [6.07, 6.45) is 1.84. The van der Waals surface area contributed by atoms with Gasteiger partial charge in [0.25, 0.3) is 5.91 Å². The minimum absolute atomic E-state index is 0.198. The SMILES string of the molecule is NCc1cn(C2CC(O)C(CO)O2)cc1C(N)=O.